The first-order valence-electron chi connectivity index (χ1n) is 11.8. The summed E-state index contributed by atoms with van der Waals surface area (Å²) in [7, 11) is 0. The highest BCUT2D eigenvalue weighted by Crippen LogP contribution is 2.46. The summed E-state index contributed by atoms with van der Waals surface area (Å²) in [5.41, 5.74) is 13.4. The molecule has 0 saturated carbocycles. The van der Waals surface area contributed by atoms with Crippen LogP contribution in [0.2, 0.25) is 0 Å². The van der Waals surface area contributed by atoms with Crippen molar-refractivity contribution < 1.29 is 18.7 Å². The van der Waals surface area contributed by atoms with Gasteiger partial charge in [-0.1, -0.05) is 42.4 Å². The van der Waals surface area contributed by atoms with Gasteiger partial charge in [0, 0.05) is 30.6 Å². The molecule has 2 amide bonds. The molecule has 0 radical (unpaired) electrons. The molecule has 5 rings (SSSR count). The van der Waals surface area contributed by atoms with E-state index in [1.165, 1.54) is 12.1 Å². The van der Waals surface area contributed by atoms with Gasteiger partial charge < -0.3 is 20.3 Å². The summed E-state index contributed by atoms with van der Waals surface area (Å²) in [6.07, 6.45) is 2.28. The number of likely N-dealkylation sites (tertiary alicyclic amines) is 1. The Morgan fingerprint density at radius 2 is 1.97 bits per heavy atom. The van der Waals surface area contributed by atoms with Crippen molar-refractivity contribution in [1.29, 1.82) is 0 Å². The molecule has 3 unspecified atom stereocenters. The number of para-hydroxylation sites is 1. The Morgan fingerprint density at radius 3 is 2.69 bits per heavy atom. The van der Waals surface area contributed by atoms with Gasteiger partial charge in [0.25, 0.3) is 5.91 Å². The number of hydrogen-bond acceptors (Lipinski definition) is 6. The molecule has 2 fully saturated rings. The lowest BCUT2D eigenvalue weighted by molar-refractivity contribution is -0.133. The number of nitrogens with two attached hydrogens (primary N) is 1. The van der Waals surface area contributed by atoms with Crippen LogP contribution in [0, 0.1) is 11.7 Å². The lowest BCUT2D eigenvalue weighted by Gasteiger charge is -2.43. The smallest absolute Gasteiger partial charge is 0.257 e. The Morgan fingerprint density at radius 1 is 1.22 bits per heavy atom. The fourth-order valence-corrected chi connectivity index (χ4v) is 5.76. The van der Waals surface area contributed by atoms with Crippen LogP contribution in [0.15, 0.2) is 66.3 Å². The van der Waals surface area contributed by atoms with E-state index in [2.05, 4.69) is 17.4 Å². The number of hydrazine groups is 1. The average molecular weight is 512 g/mol. The maximum Gasteiger partial charge on any atom is 0.257 e. The summed E-state index contributed by atoms with van der Waals surface area (Å²) in [6, 6.07) is 12.5. The number of nitrogens with zero attached hydrogens (tertiary/aromatic N) is 2. The first-order valence-corrected chi connectivity index (χ1v) is 12.2. The molecule has 3 heterocycles. The van der Waals surface area contributed by atoms with E-state index in [0.29, 0.717) is 24.0 Å². The largest absolute Gasteiger partial charge is 0.454 e. The van der Waals surface area contributed by atoms with E-state index >= 15 is 0 Å². The summed E-state index contributed by atoms with van der Waals surface area (Å²) in [5, 5.41) is 0.431. The number of benzene rings is 2. The molecule has 2 aromatic carbocycles. The highest BCUT2D eigenvalue weighted by molar-refractivity contribution is 6.33. The topological polar surface area (TPSA) is 99.9 Å². The molecule has 2 saturated heterocycles. The highest BCUT2D eigenvalue weighted by atomic mass is 35.5. The Balaban J connectivity index is 1.48. The molecule has 10 heteroatoms. The van der Waals surface area contributed by atoms with E-state index in [0.717, 1.165) is 24.0 Å². The summed E-state index contributed by atoms with van der Waals surface area (Å²) in [6.45, 7) is 4.66. The summed E-state index contributed by atoms with van der Waals surface area (Å²) < 4.78 is 19.7. The van der Waals surface area contributed by atoms with Crippen LogP contribution in [0.3, 0.4) is 0 Å². The number of amides is 2. The minimum absolute atomic E-state index is 0.126. The molecular formula is C26H27ClFN5O3. The van der Waals surface area contributed by atoms with Crippen LogP contribution in [0.4, 0.5) is 4.39 Å². The third-order valence-corrected chi connectivity index (χ3v) is 7.34. The molecule has 0 spiro atoms. The molecule has 3 aliphatic rings. The van der Waals surface area contributed by atoms with Crippen molar-refractivity contribution in [3.8, 4) is 11.5 Å². The number of rotatable bonds is 5. The zero-order chi connectivity index (χ0) is 25.4. The quantitative estimate of drug-likeness (QED) is 0.421. The Kier molecular flexibility index (Phi) is 6.70. The Labute approximate surface area is 213 Å². The normalized spacial score (nSPS) is 25.9. The molecule has 3 aliphatic heterocycles. The highest BCUT2D eigenvalue weighted by Gasteiger charge is 2.52. The van der Waals surface area contributed by atoms with Crippen molar-refractivity contribution in [2.75, 3.05) is 13.1 Å². The first kappa shape index (κ1) is 24.3. The van der Waals surface area contributed by atoms with Crippen LogP contribution in [0.25, 0.3) is 5.57 Å². The van der Waals surface area contributed by atoms with E-state index in [1.807, 2.05) is 17.0 Å². The van der Waals surface area contributed by atoms with Crippen LogP contribution in [-0.4, -0.2) is 53.0 Å². The average Bonchev–Trinajstić information content (AvgIpc) is 3.21. The van der Waals surface area contributed by atoms with Gasteiger partial charge in [0.2, 0.25) is 5.91 Å². The van der Waals surface area contributed by atoms with Crippen LogP contribution < -0.4 is 21.3 Å². The SMILES string of the molecule is C=CC(=O)N1CCC[C@@H](N2C(Cl)=C(c3ccc(Oc4ccccc4F)cc3)C3C(N)NNC(=O)C32)C1. The second-order valence-corrected chi connectivity index (χ2v) is 9.44. The molecule has 188 valence electrons. The van der Waals surface area contributed by atoms with Crippen molar-refractivity contribution >= 4 is 29.0 Å². The zero-order valence-electron chi connectivity index (χ0n) is 19.5. The standard InChI is InChI=1S/C26H27ClFN5O3/c1-2-20(34)32-13-5-6-16(14-32)33-23-22(25(29)30-31-26(23)35)21(24(33)27)15-9-11-17(12-10-15)36-19-8-4-3-7-18(19)28/h2-4,7-12,16,22-23,25,30H,1,5-6,13-14,29H2,(H,31,35)/t16-,22?,23?,25?/m1/s1. The Hall–Kier alpha value is -3.40. The second-order valence-electron chi connectivity index (χ2n) is 9.08. The van der Waals surface area contributed by atoms with Crippen molar-refractivity contribution in [2.24, 2.45) is 11.7 Å². The minimum atomic E-state index is -0.623. The van der Waals surface area contributed by atoms with E-state index in [-0.39, 0.29) is 23.6 Å². The monoisotopic (exact) mass is 511 g/mol. The number of carbonyl (C=O) groups is 2. The predicted molar refractivity (Wildman–Crippen MR) is 134 cm³/mol. The number of carbonyl (C=O) groups excluding carboxylic acids is 2. The predicted octanol–water partition coefficient (Wildman–Crippen LogP) is 2.92. The van der Waals surface area contributed by atoms with Crippen molar-refractivity contribution in [3.05, 3.63) is 77.7 Å². The van der Waals surface area contributed by atoms with E-state index in [1.54, 1.807) is 35.2 Å². The van der Waals surface area contributed by atoms with Gasteiger partial charge in [-0.2, -0.15) is 0 Å². The molecule has 2 aromatic rings. The van der Waals surface area contributed by atoms with Gasteiger partial charge in [0.05, 0.1) is 6.17 Å². The molecule has 0 aromatic heterocycles. The van der Waals surface area contributed by atoms with Gasteiger partial charge in [-0.3, -0.25) is 15.0 Å². The van der Waals surface area contributed by atoms with Crippen LogP contribution in [0.5, 0.6) is 11.5 Å². The third-order valence-electron chi connectivity index (χ3n) is 6.95. The summed E-state index contributed by atoms with van der Waals surface area (Å²) >= 11 is 7.01. The Bertz CT molecular complexity index is 1220. The van der Waals surface area contributed by atoms with Crippen LogP contribution in [0.1, 0.15) is 18.4 Å². The van der Waals surface area contributed by atoms with E-state index in [9.17, 15) is 14.0 Å². The van der Waals surface area contributed by atoms with Crippen molar-refractivity contribution in [3.63, 3.8) is 0 Å². The van der Waals surface area contributed by atoms with Crippen LogP contribution in [-0.2, 0) is 9.59 Å². The minimum Gasteiger partial charge on any atom is -0.454 e. The molecular weight excluding hydrogens is 485 g/mol. The van der Waals surface area contributed by atoms with Gasteiger partial charge in [-0.25, -0.2) is 9.82 Å². The van der Waals surface area contributed by atoms with Gasteiger partial charge in [0.15, 0.2) is 11.6 Å². The zero-order valence-corrected chi connectivity index (χ0v) is 20.2. The molecule has 4 atom stereocenters. The number of halogens is 2. The van der Waals surface area contributed by atoms with Crippen LogP contribution >= 0.6 is 11.6 Å². The first-order chi connectivity index (χ1) is 17.4. The molecule has 0 bridgehead atoms. The van der Waals surface area contributed by atoms with E-state index in [4.69, 9.17) is 22.1 Å². The molecule has 4 N–H and O–H groups in total. The fraction of sp³-hybridized carbons (Fsp3) is 0.308. The maximum atomic E-state index is 14.0. The molecule has 0 aliphatic carbocycles. The number of piperidine rings is 1. The third kappa shape index (κ3) is 4.34. The lowest BCUT2D eigenvalue weighted by atomic mass is 9.86. The summed E-state index contributed by atoms with van der Waals surface area (Å²) in [5.74, 6) is -0.671. The molecule has 8 nitrogen and oxygen atoms in total. The number of ether oxygens (including phenoxy) is 1. The number of nitrogens with one attached hydrogen (secondary N) is 2. The van der Waals surface area contributed by atoms with E-state index < -0.39 is 23.9 Å². The molecule has 36 heavy (non-hydrogen) atoms. The van der Waals surface area contributed by atoms with Gasteiger partial charge in [-0.15, -0.1) is 0 Å². The maximum absolute atomic E-state index is 14.0. The van der Waals surface area contributed by atoms with Gasteiger partial charge >= 0.3 is 0 Å². The number of fused-ring (bicyclic) bond motifs is 1. The number of hydrogen-bond donors (Lipinski definition) is 3. The van der Waals surface area contributed by atoms with Crippen molar-refractivity contribution in [2.45, 2.75) is 31.1 Å². The van der Waals surface area contributed by atoms with Crippen molar-refractivity contribution in [1.82, 2.24) is 20.7 Å². The fourth-order valence-electron chi connectivity index (χ4n) is 5.28. The summed E-state index contributed by atoms with van der Waals surface area (Å²) in [4.78, 5) is 29.0. The van der Waals surface area contributed by atoms with Gasteiger partial charge in [0.1, 0.15) is 16.9 Å². The lowest BCUT2D eigenvalue weighted by Crippen LogP contribution is -2.67. The van der Waals surface area contributed by atoms with Gasteiger partial charge in [-0.05, 0) is 48.7 Å². The second kappa shape index (κ2) is 9.93.